The van der Waals surface area contributed by atoms with Crippen molar-refractivity contribution in [3.8, 4) is 6.07 Å². The van der Waals surface area contributed by atoms with Crippen LogP contribution in [0.4, 0.5) is 0 Å². The molecule has 0 aromatic rings. The molecule has 0 aromatic heterocycles. The van der Waals surface area contributed by atoms with Crippen LogP contribution in [0.3, 0.4) is 0 Å². The highest BCUT2D eigenvalue weighted by molar-refractivity contribution is 5.97. The predicted molar refractivity (Wildman–Crippen MR) is 47.3 cm³/mol. The van der Waals surface area contributed by atoms with Crippen molar-refractivity contribution in [3.05, 3.63) is 18.1 Å². The van der Waals surface area contributed by atoms with E-state index in [-0.39, 0.29) is 5.91 Å². The van der Waals surface area contributed by atoms with E-state index in [0.717, 1.165) is 12.8 Å². The van der Waals surface area contributed by atoms with Crippen molar-refractivity contribution in [1.82, 2.24) is 4.90 Å². The van der Waals surface area contributed by atoms with Crippen LogP contribution in [-0.2, 0) is 4.79 Å². The molecule has 3 heteroatoms. The van der Waals surface area contributed by atoms with Gasteiger partial charge in [0, 0.05) is 19.5 Å². The smallest absolute Gasteiger partial charge is 0.264 e. The number of nitriles is 1. The van der Waals surface area contributed by atoms with Gasteiger partial charge in [0.2, 0.25) is 0 Å². The van der Waals surface area contributed by atoms with Crippen molar-refractivity contribution < 1.29 is 4.79 Å². The van der Waals surface area contributed by atoms with Crippen molar-refractivity contribution in [2.45, 2.75) is 12.8 Å². The highest BCUT2D eigenvalue weighted by Gasteiger charge is 2.26. The van der Waals surface area contributed by atoms with Gasteiger partial charge in [0.15, 0.2) is 0 Å². The third-order valence-corrected chi connectivity index (χ3v) is 2.36. The lowest BCUT2D eigenvalue weighted by atomic mass is 10.1. The molecule has 2 rings (SSSR count). The first-order chi connectivity index (χ1) is 6.31. The molecule has 13 heavy (non-hydrogen) atoms. The summed E-state index contributed by atoms with van der Waals surface area (Å²) in [4.78, 5) is 13.2. The lowest BCUT2D eigenvalue weighted by molar-refractivity contribution is -0.128. The standard InChI is InChI=1S/C10H11N2O/c11-7-9(6-8-2-3-8)10(13)12-4-1-5-12/h1,6,8H,2-5H2. The second-order valence-electron chi connectivity index (χ2n) is 3.53. The molecule has 0 bridgehead atoms. The molecule has 1 amide bonds. The minimum atomic E-state index is -0.100. The zero-order chi connectivity index (χ0) is 9.26. The van der Waals surface area contributed by atoms with Gasteiger partial charge in [-0.1, -0.05) is 6.08 Å². The number of likely N-dealkylation sites (tertiary alicyclic amines) is 1. The van der Waals surface area contributed by atoms with E-state index in [4.69, 9.17) is 5.26 Å². The van der Waals surface area contributed by atoms with Gasteiger partial charge in [0.05, 0.1) is 0 Å². The SMILES string of the molecule is N#CC(=CC1CC1)C(=O)N1C[CH]C1. The molecular formula is C10H11N2O. The van der Waals surface area contributed by atoms with E-state index < -0.39 is 0 Å². The predicted octanol–water partition coefficient (Wildman–Crippen LogP) is 0.893. The zero-order valence-corrected chi connectivity index (χ0v) is 7.36. The average molecular weight is 175 g/mol. The fourth-order valence-electron chi connectivity index (χ4n) is 1.25. The fraction of sp³-hybridized carbons (Fsp3) is 0.500. The van der Waals surface area contributed by atoms with Crippen LogP contribution in [0.2, 0.25) is 0 Å². The van der Waals surface area contributed by atoms with Crippen molar-refractivity contribution in [3.63, 3.8) is 0 Å². The van der Waals surface area contributed by atoms with Gasteiger partial charge in [0.1, 0.15) is 11.6 Å². The average Bonchev–Trinajstić information content (AvgIpc) is 2.79. The number of hydrogen-bond donors (Lipinski definition) is 0. The summed E-state index contributed by atoms with van der Waals surface area (Å²) < 4.78 is 0. The van der Waals surface area contributed by atoms with Gasteiger partial charge in [-0.3, -0.25) is 4.79 Å². The van der Waals surface area contributed by atoms with Gasteiger partial charge in [-0.2, -0.15) is 5.26 Å². The molecule has 0 unspecified atom stereocenters. The van der Waals surface area contributed by atoms with Crippen LogP contribution in [0.15, 0.2) is 11.6 Å². The zero-order valence-electron chi connectivity index (χ0n) is 7.36. The van der Waals surface area contributed by atoms with Crippen LogP contribution < -0.4 is 0 Å². The minimum absolute atomic E-state index is 0.100. The van der Waals surface area contributed by atoms with E-state index in [1.54, 1.807) is 4.90 Å². The Labute approximate surface area is 77.6 Å². The normalized spacial score (nSPS) is 22.1. The molecule has 2 aliphatic rings. The van der Waals surface area contributed by atoms with Crippen LogP contribution >= 0.6 is 0 Å². The molecule has 1 aliphatic heterocycles. The molecule has 1 radical (unpaired) electrons. The molecule has 3 nitrogen and oxygen atoms in total. The summed E-state index contributed by atoms with van der Waals surface area (Å²) in [6, 6.07) is 1.98. The first kappa shape index (κ1) is 8.31. The largest absolute Gasteiger partial charge is 0.337 e. The van der Waals surface area contributed by atoms with Gasteiger partial charge >= 0.3 is 0 Å². The Balaban J connectivity index is 2.02. The molecule has 2 fully saturated rings. The van der Waals surface area contributed by atoms with Crippen molar-refractivity contribution in [2.24, 2.45) is 5.92 Å². The third kappa shape index (κ3) is 1.72. The van der Waals surface area contributed by atoms with Crippen LogP contribution in [-0.4, -0.2) is 23.9 Å². The molecule has 67 valence electrons. The summed E-state index contributed by atoms with van der Waals surface area (Å²) in [5, 5.41) is 8.77. The fourth-order valence-corrected chi connectivity index (χ4v) is 1.25. The molecule has 1 heterocycles. The number of carbonyl (C=O) groups excluding carboxylic acids is 1. The Bertz CT molecular complexity index is 293. The van der Waals surface area contributed by atoms with Crippen LogP contribution in [0.5, 0.6) is 0 Å². The Kier molecular flexibility index (Phi) is 2.05. The van der Waals surface area contributed by atoms with Crippen LogP contribution in [0.25, 0.3) is 0 Å². The van der Waals surface area contributed by atoms with Crippen molar-refractivity contribution in [1.29, 1.82) is 5.26 Å². The summed E-state index contributed by atoms with van der Waals surface area (Å²) in [6.07, 6.45) is 6.10. The Morgan fingerprint density at radius 1 is 1.54 bits per heavy atom. The first-order valence-electron chi connectivity index (χ1n) is 4.54. The first-order valence-corrected chi connectivity index (χ1v) is 4.54. The van der Waals surface area contributed by atoms with Gasteiger partial charge in [0.25, 0.3) is 5.91 Å². The van der Waals surface area contributed by atoms with Gasteiger partial charge < -0.3 is 4.90 Å². The van der Waals surface area contributed by atoms with E-state index in [9.17, 15) is 4.79 Å². The summed E-state index contributed by atoms with van der Waals surface area (Å²) in [6.45, 7) is 1.39. The summed E-state index contributed by atoms with van der Waals surface area (Å²) >= 11 is 0. The Morgan fingerprint density at radius 3 is 2.62 bits per heavy atom. The molecule has 1 aliphatic carbocycles. The van der Waals surface area contributed by atoms with Crippen molar-refractivity contribution >= 4 is 5.91 Å². The van der Waals surface area contributed by atoms with E-state index >= 15 is 0 Å². The number of allylic oxidation sites excluding steroid dienone is 1. The molecule has 0 aromatic carbocycles. The number of carbonyl (C=O) groups is 1. The maximum Gasteiger partial charge on any atom is 0.264 e. The number of hydrogen-bond acceptors (Lipinski definition) is 2. The van der Waals surface area contributed by atoms with Gasteiger partial charge in [-0.05, 0) is 18.8 Å². The Hall–Kier alpha value is -1.30. The topological polar surface area (TPSA) is 44.1 Å². The quantitative estimate of drug-likeness (QED) is 0.462. The highest BCUT2D eigenvalue weighted by Crippen LogP contribution is 2.31. The van der Waals surface area contributed by atoms with Crippen LogP contribution in [0, 0.1) is 23.7 Å². The number of nitrogens with zero attached hydrogens (tertiary/aromatic N) is 2. The van der Waals surface area contributed by atoms with Crippen molar-refractivity contribution in [2.75, 3.05) is 13.1 Å². The molecule has 0 atom stereocenters. The number of amides is 1. The maximum absolute atomic E-state index is 11.5. The van der Waals surface area contributed by atoms with Gasteiger partial charge in [-0.25, -0.2) is 0 Å². The van der Waals surface area contributed by atoms with E-state index in [1.807, 2.05) is 18.6 Å². The Morgan fingerprint density at radius 2 is 2.23 bits per heavy atom. The molecule has 1 saturated heterocycles. The van der Waals surface area contributed by atoms with E-state index in [2.05, 4.69) is 0 Å². The van der Waals surface area contributed by atoms with E-state index in [0.29, 0.717) is 24.6 Å². The molecular weight excluding hydrogens is 164 g/mol. The second-order valence-corrected chi connectivity index (χ2v) is 3.53. The molecule has 0 spiro atoms. The highest BCUT2D eigenvalue weighted by atomic mass is 16.2. The summed E-state index contributed by atoms with van der Waals surface area (Å²) in [7, 11) is 0. The lowest BCUT2D eigenvalue weighted by Crippen LogP contribution is -2.43. The molecule has 1 saturated carbocycles. The lowest BCUT2D eigenvalue weighted by Gasteiger charge is -2.30. The summed E-state index contributed by atoms with van der Waals surface area (Å²) in [5.74, 6) is 0.390. The number of rotatable bonds is 2. The summed E-state index contributed by atoms with van der Waals surface area (Å²) in [5.41, 5.74) is 0.329. The van der Waals surface area contributed by atoms with Gasteiger partial charge in [-0.15, -0.1) is 0 Å². The maximum atomic E-state index is 11.5. The second kappa shape index (κ2) is 3.21. The van der Waals surface area contributed by atoms with E-state index in [1.165, 1.54) is 0 Å². The monoisotopic (exact) mass is 175 g/mol. The molecule has 0 N–H and O–H groups in total. The van der Waals surface area contributed by atoms with Crippen LogP contribution in [0.1, 0.15) is 12.8 Å². The third-order valence-electron chi connectivity index (χ3n) is 2.36. The minimum Gasteiger partial charge on any atom is -0.337 e.